The third-order valence-electron chi connectivity index (χ3n) is 5.74. The molecule has 0 aliphatic carbocycles. The number of nitrogens with one attached hydrogen (secondary N) is 1. The number of nitrogens with zero attached hydrogens (tertiary/aromatic N) is 3. The Balaban J connectivity index is 1.65. The van der Waals surface area contributed by atoms with E-state index in [1.54, 1.807) is 0 Å². The molecule has 2 saturated heterocycles. The van der Waals surface area contributed by atoms with E-state index in [9.17, 15) is 0 Å². The molecule has 1 atom stereocenters. The second kappa shape index (κ2) is 7.71. The fourth-order valence-corrected chi connectivity index (χ4v) is 4.32. The molecule has 134 valence electrons. The summed E-state index contributed by atoms with van der Waals surface area (Å²) < 4.78 is 0. The van der Waals surface area contributed by atoms with Crippen molar-refractivity contribution in [3.63, 3.8) is 0 Å². The van der Waals surface area contributed by atoms with E-state index in [1.165, 1.54) is 55.4 Å². The van der Waals surface area contributed by atoms with Gasteiger partial charge in [-0.25, -0.2) is 4.98 Å². The van der Waals surface area contributed by atoms with Crippen LogP contribution in [-0.4, -0.2) is 49.2 Å². The highest BCUT2D eigenvalue weighted by Crippen LogP contribution is 2.28. The molecular formula is C21H30N4. The quantitative estimate of drug-likeness (QED) is 0.926. The van der Waals surface area contributed by atoms with Crippen LogP contribution in [0.15, 0.2) is 30.3 Å². The average Bonchev–Trinajstić information content (AvgIpc) is 2.68. The Morgan fingerprint density at radius 3 is 2.76 bits per heavy atom. The predicted molar refractivity (Wildman–Crippen MR) is 105 cm³/mol. The first-order valence-electron chi connectivity index (χ1n) is 9.87. The Bertz CT molecular complexity index is 708. The largest absolute Gasteiger partial charge is 0.356 e. The molecule has 25 heavy (non-hydrogen) atoms. The molecule has 1 unspecified atom stereocenters. The fourth-order valence-electron chi connectivity index (χ4n) is 4.32. The van der Waals surface area contributed by atoms with Gasteiger partial charge in [-0.15, -0.1) is 0 Å². The number of likely N-dealkylation sites (tertiary alicyclic amines) is 1. The minimum atomic E-state index is 0.626. The summed E-state index contributed by atoms with van der Waals surface area (Å²) in [5.74, 6) is 1.23. The summed E-state index contributed by atoms with van der Waals surface area (Å²) >= 11 is 0. The van der Waals surface area contributed by atoms with Gasteiger partial charge in [-0.2, -0.15) is 0 Å². The van der Waals surface area contributed by atoms with Crippen molar-refractivity contribution in [1.82, 2.24) is 15.2 Å². The monoisotopic (exact) mass is 338 g/mol. The van der Waals surface area contributed by atoms with Gasteiger partial charge in [-0.3, -0.25) is 4.90 Å². The highest BCUT2D eigenvalue weighted by Gasteiger charge is 2.22. The van der Waals surface area contributed by atoms with Crippen molar-refractivity contribution in [2.24, 2.45) is 0 Å². The number of likely N-dealkylation sites (N-methyl/N-ethyl adjacent to an activating group) is 1. The summed E-state index contributed by atoms with van der Waals surface area (Å²) in [6, 6.07) is 11.6. The number of rotatable bonds is 4. The first kappa shape index (κ1) is 16.8. The van der Waals surface area contributed by atoms with Crippen LogP contribution in [0.4, 0.5) is 5.82 Å². The topological polar surface area (TPSA) is 31.4 Å². The number of pyridine rings is 1. The molecule has 1 aromatic heterocycles. The normalized spacial score (nSPS) is 22.4. The third kappa shape index (κ3) is 3.80. The molecule has 4 nitrogen and oxygen atoms in total. The summed E-state index contributed by atoms with van der Waals surface area (Å²) in [5, 5.41) is 4.72. The molecule has 3 heterocycles. The van der Waals surface area contributed by atoms with Crippen LogP contribution in [-0.2, 0) is 6.54 Å². The molecule has 2 aromatic rings. The Hall–Kier alpha value is -1.65. The second-order valence-electron chi connectivity index (χ2n) is 7.57. The van der Waals surface area contributed by atoms with Gasteiger partial charge in [0.05, 0.1) is 5.52 Å². The Kier molecular flexibility index (Phi) is 5.18. The maximum Gasteiger partial charge on any atom is 0.133 e. The molecule has 0 amide bonds. The zero-order valence-electron chi connectivity index (χ0n) is 15.4. The van der Waals surface area contributed by atoms with Gasteiger partial charge in [0.15, 0.2) is 0 Å². The van der Waals surface area contributed by atoms with E-state index in [4.69, 9.17) is 4.98 Å². The second-order valence-corrected chi connectivity index (χ2v) is 7.57. The predicted octanol–water partition coefficient (Wildman–Crippen LogP) is 3.41. The molecule has 4 heteroatoms. The lowest BCUT2D eigenvalue weighted by molar-refractivity contribution is 0.188. The van der Waals surface area contributed by atoms with Gasteiger partial charge in [0, 0.05) is 43.2 Å². The van der Waals surface area contributed by atoms with Crippen LogP contribution in [0.1, 0.15) is 37.7 Å². The van der Waals surface area contributed by atoms with Crippen molar-refractivity contribution < 1.29 is 0 Å². The van der Waals surface area contributed by atoms with Gasteiger partial charge < -0.3 is 10.2 Å². The van der Waals surface area contributed by atoms with E-state index in [0.29, 0.717) is 6.04 Å². The summed E-state index contributed by atoms with van der Waals surface area (Å²) in [5.41, 5.74) is 2.52. The molecular weight excluding hydrogens is 308 g/mol. The van der Waals surface area contributed by atoms with Crippen molar-refractivity contribution in [3.05, 3.63) is 35.9 Å². The van der Waals surface area contributed by atoms with Crippen molar-refractivity contribution in [1.29, 1.82) is 0 Å². The van der Waals surface area contributed by atoms with Gasteiger partial charge in [-0.05, 0) is 57.8 Å². The summed E-state index contributed by atoms with van der Waals surface area (Å²) in [6.45, 7) is 5.66. The Morgan fingerprint density at radius 1 is 1.08 bits per heavy atom. The molecule has 0 radical (unpaired) electrons. The number of aromatic nitrogens is 1. The van der Waals surface area contributed by atoms with Gasteiger partial charge in [0.25, 0.3) is 0 Å². The molecule has 0 spiro atoms. The fraction of sp³-hybridized carbons (Fsp3) is 0.571. The lowest BCUT2D eigenvalue weighted by atomic mass is 10.0. The van der Waals surface area contributed by atoms with Gasteiger partial charge >= 0.3 is 0 Å². The van der Waals surface area contributed by atoms with Crippen LogP contribution in [0, 0.1) is 0 Å². The molecule has 0 bridgehead atoms. The maximum atomic E-state index is 5.09. The SMILES string of the molecule is CNC1CCCN(Cc2cc3ccccc3nc2N2CCCCC2)C1. The zero-order chi connectivity index (χ0) is 17.1. The van der Waals surface area contributed by atoms with E-state index >= 15 is 0 Å². The van der Waals surface area contributed by atoms with Crippen molar-refractivity contribution in [2.75, 3.05) is 38.1 Å². The lowest BCUT2D eigenvalue weighted by Crippen LogP contribution is -2.44. The van der Waals surface area contributed by atoms with E-state index in [-0.39, 0.29) is 0 Å². The number of para-hydroxylation sites is 1. The van der Waals surface area contributed by atoms with Crippen molar-refractivity contribution >= 4 is 16.7 Å². The van der Waals surface area contributed by atoms with Crippen LogP contribution in [0.2, 0.25) is 0 Å². The third-order valence-corrected chi connectivity index (χ3v) is 5.74. The summed E-state index contributed by atoms with van der Waals surface area (Å²) in [4.78, 5) is 10.2. The Morgan fingerprint density at radius 2 is 1.92 bits per heavy atom. The van der Waals surface area contributed by atoms with Gasteiger partial charge in [-0.1, -0.05) is 18.2 Å². The highest BCUT2D eigenvalue weighted by molar-refractivity contribution is 5.81. The van der Waals surface area contributed by atoms with Crippen LogP contribution in [0.25, 0.3) is 10.9 Å². The molecule has 4 rings (SSSR count). The Labute approximate surface area is 151 Å². The number of piperidine rings is 2. The standard InChI is InChI=1S/C21H30N4/c1-22-19-9-7-11-24(16-19)15-18-14-17-8-3-4-10-20(17)23-21(18)25-12-5-2-6-13-25/h3-4,8,10,14,19,22H,2,5-7,9,11-13,15-16H2,1H3. The summed E-state index contributed by atoms with van der Waals surface area (Å²) in [6.07, 6.45) is 6.52. The highest BCUT2D eigenvalue weighted by atomic mass is 15.2. The number of hydrogen-bond acceptors (Lipinski definition) is 4. The number of fused-ring (bicyclic) bond motifs is 1. The van der Waals surface area contributed by atoms with E-state index in [0.717, 1.165) is 31.7 Å². The smallest absolute Gasteiger partial charge is 0.133 e. The zero-order valence-corrected chi connectivity index (χ0v) is 15.4. The first-order chi connectivity index (χ1) is 12.3. The van der Waals surface area contributed by atoms with Gasteiger partial charge in [0.2, 0.25) is 0 Å². The molecule has 1 N–H and O–H groups in total. The van der Waals surface area contributed by atoms with Gasteiger partial charge in [0.1, 0.15) is 5.82 Å². The average molecular weight is 338 g/mol. The number of hydrogen-bond donors (Lipinski definition) is 1. The lowest BCUT2D eigenvalue weighted by Gasteiger charge is -2.34. The van der Waals surface area contributed by atoms with Crippen LogP contribution < -0.4 is 10.2 Å². The van der Waals surface area contributed by atoms with Crippen molar-refractivity contribution in [3.8, 4) is 0 Å². The maximum absolute atomic E-state index is 5.09. The molecule has 0 saturated carbocycles. The minimum absolute atomic E-state index is 0.626. The first-order valence-corrected chi connectivity index (χ1v) is 9.87. The molecule has 2 fully saturated rings. The van der Waals surface area contributed by atoms with Crippen LogP contribution in [0.5, 0.6) is 0 Å². The molecule has 2 aliphatic rings. The van der Waals surface area contributed by atoms with Crippen LogP contribution in [0.3, 0.4) is 0 Å². The number of anilines is 1. The number of benzene rings is 1. The summed E-state index contributed by atoms with van der Waals surface area (Å²) in [7, 11) is 2.09. The minimum Gasteiger partial charge on any atom is -0.356 e. The van der Waals surface area contributed by atoms with Crippen LogP contribution >= 0.6 is 0 Å². The van der Waals surface area contributed by atoms with E-state index < -0.39 is 0 Å². The van der Waals surface area contributed by atoms with Crippen molar-refractivity contribution in [2.45, 2.75) is 44.7 Å². The van der Waals surface area contributed by atoms with E-state index in [1.807, 2.05) is 0 Å². The molecule has 2 aliphatic heterocycles. The molecule has 1 aromatic carbocycles. The van der Waals surface area contributed by atoms with E-state index in [2.05, 4.69) is 52.5 Å².